The lowest BCUT2D eigenvalue weighted by molar-refractivity contribution is 0.396. The highest BCUT2D eigenvalue weighted by Crippen LogP contribution is 2.24. The van der Waals surface area contributed by atoms with E-state index in [-0.39, 0.29) is 6.04 Å². The molecule has 0 saturated carbocycles. The molecule has 0 aliphatic carbocycles. The molecule has 16 heavy (non-hydrogen) atoms. The highest BCUT2D eigenvalue weighted by atomic mass is 16.5. The number of methoxy groups -OCH3 is 1. The third kappa shape index (κ3) is 3.29. The van der Waals surface area contributed by atoms with Crippen LogP contribution in [0.25, 0.3) is 0 Å². The van der Waals surface area contributed by atoms with Crippen LogP contribution < -0.4 is 10.1 Å². The molecule has 86 valence electrons. The van der Waals surface area contributed by atoms with Gasteiger partial charge in [-0.15, -0.1) is 12.3 Å². The molecule has 0 bridgehead atoms. The molecule has 0 aromatic heterocycles. The van der Waals surface area contributed by atoms with Gasteiger partial charge in [0.05, 0.1) is 7.11 Å². The van der Waals surface area contributed by atoms with E-state index in [1.165, 1.54) is 0 Å². The number of rotatable bonds is 5. The van der Waals surface area contributed by atoms with Crippen molar-refractivity contribution < 1.29 is 4.74 Å². The molecule has 2 heteroatoms. The van der Waals surface area contributed by atoms with Gasteiger partial charge in [-0.25, -0.2) is 0 Å². The lowest BCUT2D eigenvalue weighted by atomic mass is 10.1. The van der Waals surface area contributed by atoms with Gasteiger partial charge in [-0.2, -0.15) is 0 Å². The zero-order chi connectivity index (χ0) is 12.0. The van der Waals surface area contributed by atoms with Crippen molar-refractivity contribution in [2.24, 2.45) is 0 Å². The monoisotopic (exact) mass is 217 g/mol. The van der Waals surface area contributed by atoms with E-state index in [1.54, 1.807) is 7.11 Å². The number of hydrogen-bond acceptors (Lipinski definition) is 2. The van der Waals surface area contributed by atoms with Crippen LogP contribution in [0.3, 0.4) is 0 Å². The summed E-state index contributed by atoms with van der Waals surface area (Å²) in [7, 11) is 1.69. The Balaban J connectivity index is 2.72. The molecule has 0 heterocycles. The van der Waals surface area contributed by atoms with Gasteiger partial charge in [-0.1, -0.05) is 18.2 Å². The van der Waals surface area contributed by atoms with Gasteiger partial charge in [0.1, 0.15) is 5.75 Å². The maximum atomic E-state index is 5.33. The average molecular weight is 217 g/mol. The fourth-order valence-electron chi connectivity index (χ4n) is 1.78. The van der Waals surface area contributed by atoms with Crippen molar-refractivity contribution in [2.45, 2.75) is 32.4 Å². The van der Waals surface area contributed by atoms with Crippen molar-refractivity contribution in [1.29, 1.82) is 0 Å². The van der Waals surface area contributed by atoms with Crippen LogP contribution in [0.4, 0.5) is 0 Å². The molecule has 0 spiro atoms. The molecule has 1 aromatic carbocycles. The van der Waals surface area contributed by atoms with Crippen LogP contribution >= 0.6 is 0 Å². The zero-order valence-corrected chi connectivity index (χ0v) is 10.2. The van der Waals surface area contributed by atoms with Gasteiger partial charge in [-0.3, -0.25) is 0 Å². The molecule has 2 atom stereocenters. The van der Waals surface area contributed by atoms with E-state index in [0.717, 1.165) is 17.7 Å². The van der Waals surface area contributed by atoms with Crippen LogP contribution in [0.5, 0.6) is 5.75 Å². The molecule has 0 aliphatic rings. The van der Waals surface area contributed by atoms with Crippen LogP contribution in [0.15, 0.2) is 24.3 Å². The second kappa shape index (κ2) is 6.19. The summed E-state index contributed by atoms with van der Waals surface area (Å²) >= 11 is 0. The van der Waals surface area contributed by atoms with Crippen molar-refractivity contribution in [3.8, 4) is 18.1 Å². The Morgan fingerprint density at radius 1 is 1.38 bits per heavy atom. The van der Waals surface area contributed by atoms with Gasteiger partial charge in [0.25, 0.3) is 0 Å². The Labute approximate surface area is 98.0 Å². The molecule has 2 unspecified atom stereocenters. The van der Waals surface area contributed by atoms with E-state index in [4.69, 9.17) is 11.2 Å². The van der Waals surface area contributed by atoms with E-state index in [2.05, 4.69) is 31.2 Å². The molecular formula is C14H19NO. The van der Waals surface area contributed by atoms with Crippen LogP contribution in [0.1, 0.15) is 31.9 Å². The van der Waals surface area contributed by atoms with E-state index in [9.17, 15) is 0 Å². The molecule has 0 amide bonds. The predicted octanol–water partition coefficient (Wildman–Crippen LogP) is 2.76. The molecule has 0 saturated heterocycles. The normalized spacial score (nSPS) is 13.9. The first kappa shape index (κ1) is 12.6. The lowest BCUT2D eigenvalue weighted by Gasteiger charge is -2.20. The maximum absolute atomic E-state index is 5.33. The summed E-state index contributed by atoms with van der Waals surface area (Å²) < 4.78 is 5.33. The van der Waals surface area contributed by atoms with Gasteiger partial charge >= 0.3 is 0 Å². The molecule has 0 aliphatic heterocycles. The fourth-order valence-corrected chi connectivity index (χ4v) is 1.78. The van der Waals surface area contributed by atoms with Crippen molar-refractivity contribution in [1.82, 2.24) is 5.32 Å². The number of nitrogens with one attached hydrogen (secondary N) is 1. The third-order valence-electron chi connectivity index (χ3n) is 2.56. The summed E-state index contributed by atoms with van der Waals surface area (Å²) in [6, 6.07) is 8.57. The second-order valence-electron chi connectivity index (χ2n) is 3.94. The predicted molar refractivity (Wildman–Crippen MR) is 67.5 cm³/mol. The van der Waals surface area contributed by atoms with Gasteiger partial charge in [0.2, 0.25) is 0 Å². The minimum atomic E-state index is 0.236. The minimum absolute atomic E-state index is 0.236. The topological polar surface area (TPSA) is 21.3 Å². The second-order valence-corrected chi connectivity index (χ2v) is 3.94. The summed E-state index contributed by atoms with van der Waals surface area (Å²) in [5.74, 6) is 3.57. The maximum Gasteiger partial charge on any atom is 0.123 e. The van der Waals surface area contributed by atoms with Crippen molar-refractivity contribution in [3.63, 3.8) is 0 Å². The summed E-state index contributed by atoms with van der Waals surface area (Å²) in [5, 5.41) is 3.45. The molecule has 2 nitrogen and oxygen atoms in total. The van der Waals surface area contributed by atoms with Crippen molar-refractivity contribution in [2.75, 3.05) is 7.11 Å². The first-order valence-electron chi connectivity index (χ1n) is 5.51. The van der Waals surface area contributed by atoms with Crippen LogP contribution in [0, 0.1) is 12.3 Å². The molecule has 0 fully saturated rings. The molecule has 1 aromatic rings. The summed E-state index contributed by atoms with van der Waals surface area (Å²) in [6.45, 7) is 4.21. The molecular weight excluding hydrogens is 198 g/mol. The van der Waals surface area contributed by atoms with Crippen LogP contribution in [-0.2, 0) is 0 Å². The largest absolute Gasteiger partial charge is 0.496 e. The number of benzene rings is 1. The van der Waals surface area contributed by atoms with E-state index < -0.39 is 0 Å². The quantitative estimate of drug-likeness (QED) is 0.766. The first-order chi connectivity index (χ1) is 7.69. The lowest BCUT2D eigenvalue weighted by Crippen LogP contribution is -2.28. The highest BCUT2D eigenvalue weighted by Gasteiger charge is 2.12. The molecule has 0 radical (unpaired) electrons. The highest BCUT2D eigenvalue weighted by molar-refractivity contribution is 5.35. The van der Waals surface area contributed by atoms with Crippen LogP contribution in [-0.4, -0.2) is 13.2 Å². The van der Waals surface area contributed by atoms with Gasteiger partial charge in [0.15, 0.2) is 0 Å². The molecule has 1 rings (SSSR count). The van der Waals surface area contributed by atoms with Gasteiger partial charge < -0.3 is 10.1 Å². The van der Waals surface area contributed by atoms with Gasteiger partial charge in [0, 0.05) is 24.1 Å². The zero-order valence-electron chi connectivity index (χ0n) is 10.2. The summed E-state index contributed by atoms with van der Waals surface area (Å²) in [5.41, 5.74) is 1.16. The Morgan fingerprint density at radius 3 is 2.69 bits per heavy atom. The summed E-state index contributed by atoms with van der Waals surface area (Å²) in [6.07, 6.45) is 6.02. The Kier molecular flexibility index (Phi) is 4.88. The van der Waals surface area contributed by atoms with E-state index >= 15 is 0 Å². The number of para-hydroxylation sites is 1. The number of terminal acetylenes is 1. The smallest absolute Gasteiger partial charge is 0.123 e. The minimum Gasteiger partial charge on any atom is -0.496 e. The number of hydrogen-bond donors (Lipinski definition) is 1. The average Bonchev–Trinajstić information content (AvgIpc) is 2.29. The first-order valence-corrected chi connectivity index (χ1v) is 5.51. The summed E-state index contributed by atoms with van der Waals surface area (Å²) in [4.78, 5) is 0. The van der Waals surface area contributed by atoms with Crippen molar-refractivity contribution in [3.05, 3.63) is 29.8 Å². The molecule has 1 N–H and O–H groups in total. The Morgan fingerprint density at radius 2 is 2.06 bits per heavy atom. The Hall–Kier alpha value is -1.46. The van der Waals surface area contributed by atoms with Gasteiger partial charge in [-0.05, 0) is 19.9 Å². The van der Waals surface area contributed by atoms with Crippen molar-refractivity contribution >= 4 is 0 Å². The third-order valence-corrected chi connectivity index (χ3v) is 2.56. The Bertz CT molecular complexity index is 367. The van der Waals surface area contributed by atoms with E-state index in [0.29, 0.717) is 6.04 Å². The number of ether oxygens (including phenoxy) is 1. The van der Waals surface area contributed by atoms with Crippen LogP contribution in [0.2, 0.25) is 0 Å². The standard InChI is InChI=1S/C14H19NO/c1-5-8-11(2)15-12(3)13-9-6-7-10-14(13)16-4/h1,6-7,9-12,15H,8H2,2-4H3. The van der Waals surface area contributed by atoms with E-state index in [1.807, 2.05) is 18.2 Å². The SMILES string of the molecule is C#CCC(C)NC(C)c1ccccc1OC. The fraction of sp³-hybridized carbons (Fsp3) is 0.429.